The summed E-state index contributed by atoms with van der Waals surface area (Å²) in [4.78, 5) is 0. The van der Waals surface area contributed by atoms with E-state index in [9.17, 15) is 8.42 Å². The van der Waals surface area contributed by atoms with Crippen molar-refractivity contribution in [3.8, 4) is 5.75 Å². The molecular formula is C12H18O3S. The molecule has 3 nitrogen and oxygen atoms in total. The molecule has 0 aromatic heterocycles. The zero-order chi connectivity index (χ0) is 12.4. The zero-order valence-electron chi connectivity index (χ0n) is 10.1. The topological polar surface area (TPSA) is 43.4 Å². The summed E-state index contributed by atoms with van der Waals surface area (Å²) in [6.45, 7) is 7.86. The third-order valence-electron chi connectivity index (χ3n) is 2.30. The normalized spacial score (nSPS) is 12.5. The second-order valence-corrected chi connectivity index (χ2v) is 6.56. The number of hydrogen-bond donors (Lipinski definition) is 0. The Morgan fingerprint density at radius 1 is 1.12 bits per heavy atom. The molecule has 0 unspecified atom stereocenters. The van der Waals surface area contributed by atoms with Gasteiger partial charge in [-0.25, -0.2) is 0 Å². The van der Waals surface area contributed by atoms with Crippen molar-refractivity contribution in [2.45, 2.75) is 33.1 Å². The van der Waals surface area contributed by atoms with Crippen molar-refractivity contribution >= 4 is 10.1 Å². The van der Waals surface area contributed by atoms with Gasteiger partial charge in [-0.3, -0.25) is 0 Å². The minimum atomic E-state index is -3.42. The van der Waals surface area contributed by atoms with Crippen molar-refractivity contribution in [1.82, 2.24) is 0 Å². The Bertz CT molecular complexity index is 438. The van der Waals surface area contributed by atoms with Crippen LogP contribution in [0.2, 0.25) is 0 Å². The third-order valence-corrected chi connectivity index (χ3v) is 3.45. The van der Waals surface area contributed by atoms with Gasteiger partial charge < -0.3 is 4.18 Å². The Kier molecular flexibility index (Phi) is 3.63. The van der Waals surface area contributed by atoms with Gasteiger partial charge >= 0.3 is 10.1 Å². The smallest absolute Gasteiger partial charge is 0.308 e. The van der Waals surface area contributed by atoms with Crippen LogP contribution in [0.4, 0.5) is 0 Å². The summed E-state index contributed by atoms with van der Waals surface area (Å²) in [6, 6.07) is 7.16. The summed E-state index contributed by atoms with van der Waals surface area (Å²) in [5.41, 5.74) is 1.20. The lowest BCUT2D eigenvalue weighted by atomic mass is 9.87. The lowest BCUT2D eigenvalue weighted by Gasteiger charge is -2.19. The number of benzene rings is 1. The lowest BCUT2D eigenvalue weighted by Crippen LogP contribution is -2.13. The molecule has 1 aromatic rings. The molecule has 0 aliphatic heterocycles. The summed E-state index contributed by atoms with van der Waals surface area (Å²) in [5, 5.41) is 0. The molecule has 0 fully saturated rings. The van der Waals surface area contributed by atoms with Gasteiger partial charge in [-0.1, -0.05) is 32.9 Å². The van der Waals surface area contributed by atoms with Gasteiger partial charge in [-0.05, 0) is 30.0 Å². The maximum Gasteiger partial charge on any atom is 0.308 e. The van der Waals surface area contributed by atoms with Crippen molar-refractivity contribution < 1.29 is 12.6 Å². The van der Waals surface area contributed by atoms with Crippen LogP contribution in [-0.2, 0) is 15.5 Å². The predicted octanol–water partition coefficient (Wildman–Crippen LogP) is 2.71. The molecule has 0 radical (unpaired) electrons. The van der Waals surface area contributed by atoms with E-state index in [4.69, 9.17) is 4.18 Å². The molecule has 0 saturated heterocycles. The number of hydrogen-bond acceptors (Lipinski definition) is 3. The minimum Gasteiger partial charge on any atom is -0.382 e. The largest absolute Gasteiger partial charge is 0.382 e. The molecular weight excluding hydrogens is 224 g/mol. The second kappa shape index (κ2) is 4.45. The van der Waals surface area contributed by atoms with Crippen molar-refractivity contribution in [3.05, 3.63) is 29.8 Å². The average Bonchev–Trinajstić information content (AvgIpc) is 2.16. The Hall–Kier alpha value is -1.03. The highest BCUT2D eigenvalue weighted by atomic mass is 32.2. The third kappa shape index (κ3) is 3.52. The molecule has 0 spiro atoms. The van der Waals surface area contributed by atoms with E-state index in [1.165, 1.54) is 0 Å². The van der Waals surface area contributed by atoms with Crippen LogP contribution in [0.25, 0.3) is 0 Å². The van der Waals surface area contributed by atoms with Gasteiger partial charge in [0.15, 0.2) is 0 Å². The SMILES string of the molecule is CCS(=O)(=O)Oc1ccc(C(C)(C)C)cc1. The Labute approximate surface area is 97.6 Å². The molecule has 0 aliphatic carbocycles. The molecule has 0 bridgehead atoms. The van der Waals surface area contributed by atoms with Gasteiger partial charge in [0.25, 0.3) is 0 Å². The van der Waals surface area contributed by atoms with Crippen LogP contribution < -0.4 is 4.18 Å². The summed E-state index contributed by atoms with van der Waals surface area (Å²) >= 11 is 0. The summed E-state index contributed by atoms with van der Waals surface area (Å²) in [5.74, 6) is 0.350. The van der Waals surface area contributed by atoms with Crippen LogP contribution in [0.5, 0.6) is 5.75 Å². The summed E-state index contributed by atoms with van der Waals surface area (Å²) < 4.78 is 27.3. The van der Waals surface area contributed by atoms with Gasteiger partial charge in [-0.15, -0.1) is 0 Å². The van der Waals surface area contributed by atoms with Crippen LogP contribution >= 0.6 is 0 Å². The van der Waals surface area contributed by atoms with E-state index >= 15 is 0 Å². The first-order chi connectivity index (χ1) is 7.24. The fourth-order valence-electron chi connectivity index (χ4n) is 1.22. The molecule has 0 amide bonds. The molecule has 0 saturated carbocycles. The molecule has 0 heterocycles. The first-order valence-electron chi connectivity index (χ1n) is 5.27. The van der Waals surface area contributed by atoms with E-state index in [0.29, 0.717) is 5.75 Å². The molecule has 1 aromatic carbocycles. The van der Waals surface area contributed by atoms with E-state index in [0.717, 1.165) is 5.56 Å². The average molecular weight is 242 g/mol. The van der Waals surface area contributed by atoms with Crippen LogP contribution in [0, 0.1) is 0 Å². The van der Waals surface area contributed by atoms with Gasteiger partial charge in [0, 0.05) is 0 Å². The maximum atomic E-state index is 11.2. The maximum absolute atomic E-state index is 11.2. The summed E-state index contributed by atoms with van der Waals surface area (Å²) in [7, 11) is -3.42. The summed E-state index contributed by atoms with van der Waals surface area (Å²) in [6.07, 6.45) is 0. The molecule has 4 heteroatoms. The van der Waals surface area contributed by atoms with E-state index < -0.39 is 10.1 Å². The molecule has 16 heavy (non-hydrogen) atoms. The Morgan fingerprint density at radius 3 is 2.00 bits per heavy atom. The fraction of sp³-hybridized carbons (Fsp3) is 0.500. The second-order valence-electron chi connectivity index (χ2n) is 4.70. The monoisotopic (exact) mass is 242 g/mol. The predicted molar refractivity (Wildman–Crippen MR) is 65.2 cm³/mol. The molecule has 0 N–H and O–H groups in total. The zero-order valence-corrected chi connectivity index (χ0v) is 11.0. The highest BCUT2D eigenvalue weighted by Gasteiger charge is 2.14. The van der Waals surface area contributed by atoms with Crippen LogP contribution in [0.15, 0.2) is 24.3 Å². The quantitative estimate of drug-likeness (QED) is 0.765. The Balaban J connectivity index is 2.89. The van der Waals surface area contributed by atoms with Crippen molar-refractivity contribution in [1.29, 1.82) is 0 Å². The van der Waals surface area contributed by atoms with Crippen LogP contribution in [0.1, 0.15) is 33.3 Å². The van der Waals surface area contributed by atoms with Gasteiger partial charge in [-0.2, -0.15) is 8.42 Å². The lowest BCUT2D eigenvalue weighted by molar-refractivity contribution is 0.487. The van der Waals surface area contributed by atoms with Crippen molar-refractivity contribution in [3.63, 3.8) is 0 Å². The molecule has 0 aliphatic rings. The van der Waals surface area contributed by atoms with Crippen LogP contribution in [-0.4, -0.2) is 14.2 Å². The molecule has 1 rings (SSSR count). The van der Waals surface area contributed by atoms with E-state index in [1.807, 2.05) is 12.1 Å². The van der Waals surface area contributed by atoms with Gasteiger partial charge in [0.1, 0.15) is 5.75 Å². The van der Waals surface area contributed by atoms with Crippen molar-refractivity contribution in [2.24, 2.45) is 0 Å². The van der Waals surface area contributed by atoms with E-state index in [2.05, 4.69) is 20.8 Å². The highest BCUT2D eigenvalue weighted by molar-refractivity contribution is 7.87. The minimum absolute atomic E-state index is 0.0198. The Morgan fingerprint density at radius 2 is 1.62 bits per heavy atom. The first kappa shape index (κ1) is 13.0. The fourth-order valence-corrected chi connectivity index (χ4v) is 1.74. The highest BCUT2D eigenvalue weighted by Crippen LogP contribution is 2.24. The molecule has 0 atom stereocenters. The van der Waals surface area contributed by atoms with Crippen LogP contribution in [0.3, 0.4) is 0 Å². The molecule has 90 valence electrons. The number of rotatable bonds is 3. The standard InChI is InChI=1S/C12H18O3S/c1-5-16(13,14)15-11-8-6-10(7-9-11)12(2,3)4/h6-9H,5H2,1-4H3. The van der Waals surface area contributed by atoms with Gasteiger partial charge in [0.2, 0.25) is 0 Å². The van der Waals surface area contributed by atoms with Gasteiger partial charge in [0.05, 0.1) is 5.75 Å². The van der Waals surface area contributed by atoms with E-state index in [-0.39, 0.29) is 11.2 Å². The van der Waals surface area contributed by atoms with E-state index in [1.54, 1.807) is 19.1 Å². The van der Waals surface area contributed by atoms with Crippen molar-refractivity contribution in [2.75, 3.05) is 5.75 Å². The first-order valence-corrected chi connectivity index (χ1v) is 6.85.